The number of amides is 1. The monoisotopic (exact) mass is 413 g/mol. The normalized spacial score (nSPS) is 13.3. The molecule has 1 aliphatic rings. The van der Waals surface area contributed by atoms with Crippen molar-refractivity contribution in [3.05, 3.63) is 59.7 Å². The predicted octanol–water partition coefficient (Wildman–Crippen LogP) is 5.92. The van der Waals surface area contributed by atoms with Crippen molar-refractivity contribution in [3.63, 3.8) is 0 Å². The summed E-state index contributed by atoms with van der Waals surface area (Å²) in [6.45, 7) is 11.4. The Balaban J connectivity index is 0.00000156. The molecule has 0 radical (unpaired) electrons. The van der Waals surface area contributed by atoms with Gasteiger partial charge in [0, 0.05) is 7.34 Å². The zero-order valence-corrected chi connectivity index (χ0v) is 18.8. The fraction of sp³-hybridized carbons (Fsp3) is 0.440. The van der Waals surface area contributed by atoms with Gasteiger partial charge in [-0.3, -0.25) is 0 Å². The number of carbonyl (C=O) groups excluding carboxylic acids is 2. The van der Waals surface area contributed by atoms with Crippen LogP contribution in [-0.2, 0) is 14.3 Å². The molecule has 1 aliphatic carbocycles. The molecule has 0 fully saturated rings. The van der Waals surface area contributed by atoms with E-state index in [0.29, 0.717) is 6.42 Å². The maximum absolute atomic E-state index is 12.3. The van der Waals surface area contributed by atoms with Crippen molar-refractivity contribution >= 4 is 12.1 Å². The number of hydrogen-bond acceptors (Lipinski definition) is 4. The zero-order valence-electron chi connectivity index (χ0n) is 18.8. The van der Waals surface area contributed by atoms with Crippen LogP contribution in [0.15, 0.2) is 48.5 Å². The lowest BCUT2D eigenvalue weighted by molar-refractivity contribution is -0.157. The summed E-state index contributed by atoms with van der Waals surface area (Å²) in [5, 5.41) is 2.63. The molecule has 2 aromatic carbocycles. The summed E-state index contributed by atoms with van der Waals surface area (Å²) < 4.78 is 10.8. The number of hydrogen-bond donors (Lipinski definition) is 1. The van der Waals surface area contributed by atoms with Gasteiger partial charge in [0.25, 0.3) is 0 Å². The Morgan fingerprint density at radius 1 is 1.00 bits per heavy atom. The summed E-state index contributed by atoms with van der Waals surface area (Å²) in [5.41, 5.74) is 4.04. The van der Waals surface area contributed by atoms with Gasteiger partial charge in [-0.1, -0.05) is 69.3 Å². The molecule has 1 atom stereocenters. The van der Waals surface area contributed by atoms with Crippen molar-refractivity contribution in [3.8, 4) is 11.1 Å². The first-order valence-electron chi connectivity index (χ1n) is 10.6. The van der Waals surface area contributed by atoms with Gasteiger partial charge in [-0.15, -0.1) is 0 Å². The molecule has 5 nitrogen and oxygen atoms in total. The smallest absolute Gasteiger partial charge is 0.407 e. The van der Waals surface area contributed by atoms with E-state index in [1.807, 2.05) is 45.0 Å². The van der Waals surface area contributed by atoms with E-state index < -0.39 is 23.7 Å². The van der Waals surface area contributed by atoms with Crippen LogP contribution in [0.5, 0.6) is 0 Å². The van der Waals surface area contributed by atoms with E-state index in [2.05, 4.69) is 29.6 Å². The standard InChI is InChI=1S/C23H27NO4.C2H6.H2/c1-5-20(21(25)28-23(2,3)4)24-22(26)27-14-19-17-12-8-6-10-15(17)16-11-7-9-13-18(16)19;1-2;/h6-13,19-20H,5,14H2,1-4H3,(H,24,26);1-2H3;1H/t20-;;/m0../s1. The molecule has 5 heteroatoms. The van der Waals surface area contributed by atoms with Crippen LogP contribution in [0.2, 0.25) is 0 Å². The van der Waals surface area contributed by atoms with Crippen molar-refractivity contribution in [1.82, 2.24) is 5.32 Å². The second kappa shape index (κ2) is 10.3. The van der Waals surface area contributed by atoms with Gasteiger partial charge in [0.15, 0.2) is 0 Å². The summed E-state index contributed by atoms with van der Waals surface area (Å²) in [4.78, 5) is 24.5. The lowest BCUT2D eigenvalue weighted by atomic mass is 9.98. The minimum atomic E-state index is -0.727. The van der Waals surface area contributed by atoms with Crippen molar-refractivity contribution in [2.45, 2.75) is 65.5 Å². The fourth-order valence-corrected chi connectivity index (χ4v) is 3.48. The van der Waals surface area contributed by atoms with E-state index in [1.165, 1.54) is 11.1 Å². The van der Waals surface area contributed by atoms with Crippen LogP contribution in [0, 0.1) is 0 Å². The van der Waals surface area contributed by atoms with Gasteiger partial charge in [-0.2, -0.15) is 0 Å². The number of alkyl carbamates (subject to hydrolysis) is 1. The van der Waals surface area contributed by atoms with E-state index in [-0.39, 0.29) is 14.0 Å². The maximum atomic E-state index is 12.3. The summed E-state index contributed by atoms with van der Waals surface area (Å²) in [7, 11) is 0. The molecule has 1 N–H and O–H groups in total. The average molecular weight is 414 g/mol. The lowest BCUT2D eigenvalue weighted by Gasteiger charge is -2.24. The van der Waals surface area contributed by atoms with Crippen LogP contribution in [0.3, 0.4) is 0 Å². The fourth-order valence-electron chi connectivity index (χ4n) is 3.48. The SMILES string of the molecule is CC.CC[C@H](NC(=O)OCC1c2ccccc2-c2ccccc21)C(=O)OC(C)(C)C.[HH]. The molecule has 0 saturated heterocycles. The van der Waals surface area contributed by atoms with Gasteiger partial charge in [0.1, 0.15) is 18.2 Å². The molecule has 0 aromatic heterocycles. The molecule has 1 amide bonds. The Morgan fingerprint density at radius 2 is 1.50 bits per heavy atom. The molecular weight excluding hydrogens is 378 g/mol. The van der Waals surface area contributed by atoms with Gasteiger partial charge in [-0.05, 0) is 49.4 Å². The molecule has 3 rings (SSSR count). The molecule has 0 saturated carbocycles. The second-order valence-corrected chi connectivity index (χ2v) is 7.96. The maximum Gasteiger partial charge on any atom is 0.407 e. The highest BCUT2D eigenvalue weighted by Gasteiger charge is 2.30. The number of fused-ring (bicyclic) bond motifs is 3. The van der Waals surface area contributed by atoms with Crippen LogP contribution in [0.25, 0.3) is 11.1 Å². The van der Waals surface area contributed by atoms with E-state index >= 15 is 0 Å². The predicted molar refractivity (Wildman–Crippen MR) is 122 cm³/mol. The van der Waals surface area contributed by atoms with Crippen LogP contribution in [-0.4, -0.2) is 30.3 Å². The molecular formula is C25H35NO4. The first-order chi connectivity index (χ1) is 14.3. The molecule has 0 bridgehead atoms. The quantitative estimate of drug-likeness (QED) is 0.618. The Hall–Kier alpha value is -2.82. The van der Waals surface area contributed by atoms with Crippen LogP contribution >= 0.6 is 0 Å². The highest BCUT2D eigenvalue weighted by molar-refractivity contribution is 5.82. The van der Waals surface area contributed by atoms with Gasteiger partial charge in [0.2, 0.25) is 0 Å². The number of nitrogens with one attached hydrogen (secondary N) is 1. The summed E-state index contributed by atoms with van der Waals surface area (Å²) >= 11 is 0. The van der Waals surface area contributed by atoms with Crippen LogP contribution in [0.1, 0.15) is 66.4 Å². The third kappa shape index (κ3) is 5.62. The molecule has 0 spiro atoms. The highest BCUT2D eigenvalue weighted by Crippen LogP contribution is 2.44. The largest absolute Gasteiger partial charge is 0.458 e. The molecule has 2 aromatic rings. The van der Waals surface area contributed by atoms with E-state index in [0.717, 1.165) is 11.1 Å². The Kier molecular flexibility index (Phi) is 8.04. The van der Waals surface area contributed by atoms with Crippen LogP contribution in [0.4, 0.5) is 4.79 Å². The molecule has 30 heavy (non-hydrogen) atoms. The topological polar surface area (TPSA) is 64.6 Å². The molecule has 0 heterocycles. The summed E-state index contributed by atoms with van der Waals surface area (Å²) in [6.07, 6.45) is -0.182. The Morgan fingerprint density at radius 3 is 1.97 bits per heavy atom. The lowest BCUT2D eigenvalue weighted by Crippen LogP contribution is -2.44. The van der Waals surface area contributed by atoms with E-state index in [1.54, 1.807) is 20.8 Å². The molecule has 164 valence electrons. The third-order valence-corrected chi connectivity index (χ3v) is 4.74. The third-order valence-electron chi connectivity index (χ3n) is 4.74. The first kappa shape index (κ1) is 23.5. The van der Waals surface area contributed by atoms with Gasteiger partial charge < -0.3 is 14.8 Å². The van der Waals surface area contributed by atoms with Crippen molar-refractivity contribution < 1.29 is 20.5 Å². The summed E-state index contributed by atoms with van der Waals surface area (Å²) in [6, 6.07) is 15.6. The number of rotatable bonds is 5. The van der Waals surface area contributed by atoms with Crippen molar-refractivity contribution in [2.75, 3.05) is 6.61 Å². The Labute approximate surface area is 181 Å². The number of ether oxygens (including phenoxy) is 2. The zero-order chi connectivity index (χ0) is 22.3. The van der Waals surface area contributed by atoms with Crippen molar-refractivity contribution in [1.29, 1.82) is 0 Å². The average Bonchev–Trinajstić information content (AvgIpc) is 3.04. The second-order valence-electron chi connectivity index (χ2n) is 7.96. The molecule has 0 unspecified atom stereocenters. The number of carbonyl (C=O) groups is 2. The number of esters is 1. The van der Waals surface area contributed by atoms with Crippen molar-refractivity contribution in [2.24, 2.45) is 0 Å². The number of benzene rings is 2. The van der Waals surface area contributed by atoms with Gasteiger partial charge in [0.05, 0.1) is 0 Å². The highest BCUT2D eigenvalue weighted by atomic mass is 16.6. The van der Waals surface area contributed by atoms with Gasteiger partial charge in [-0.25, -0.2) is 9.59 Å². The Bertz CT molecular complexity index is 830. The van der Waals surface area contributed by atoms with E-state index in [9.17, 15) is 9.59 Å². The first-order valence-corrected chi connectivity index (χ1v) is 10.6. The van der Waals surface area contributed by atoms with Crippen LogP contribution < -0.4 is 5.32 Å². The van der Waals surface area contributed by atoms with E-state index in [4.69, 9.17) is 9.47 Å². The van der Waals surface area contributed by atoms with Gasteiger partial charge >= 0.3 is 12.1 Å². The minimum absolute atomic E-state index is 0. The summed E-state index contributed by atoms with van der Waals surface area (Å²) in [5.74, 6) is -0.469. The molecule has 0 aliphatic heterocycles. The minimum Gasteiger partial charge on any atom is -0.458 e.